The molecule has 0 amide bonds. The Hall–Kier alpha value is -0.880. The topological polar surface area (TPSA) is 50.7 Å². The second kappa shape index (κ2) is 5.18. The summed E-state index contributed by atoms with van der Waals surface area (Å²) in [5.74, 6) is 0. The van der Waals surface area contributed by atoms with Crippen molar-refractivity contribution < 1.29 is 0 Å². The van der Waals surface area contributed by atoms with Gasteiger partial charge in [-0.25, -0.2) is 4.68 Å². The number of halogens is 2. The molecule has 0 saturated heterocycles. The Kier molecular flexibility index (Phi) is 3.83. The summed E-state index contributed by atoms with van der Waals surface area (Å²) in [7, 11) is 0. The number of aromatic amines is 1. The van der Waals surface area contributed by atoms with Crippen molar-refractivity contribution in [1.29, 1.82) is 0 Å². The van der Waals surface area contributed by atoms with Gasteiger partial charge in [-0.05, 0) is 44.3 Å². The van der Waals surface area contributed by atoms with Gasteiger partial charge in [0.2, 0.25) is 0 Å². The normalized spacial score (nSPS) is 10.8. The molecule has 0 aliphatic carbocycles. The molecule has 2 aromatic heterocycles. The molecule has 0 radical (unpaired) electrons. The van der Waals surface area contributed by atoms with Crippen molar-refractivity contribution >= 4 is 31.9 Å². The number of hydrogen-bond donors (Lipinski definition) is 1. The predicted molar refractivity (Wildman–Crippen MR) is 73.6 cm³/mol. The van der Waals surface area contributed by atoms with Crippen molar-refractivity contribution in [3.63, 3.8) is 0 Å². The Morgan fingerprint density at radius 3 is 2.82 bits per heavy atom. The lowest BCUT2D eigenvalue weighted by molar-refractivity contribution is 0.790. The lowest BCUT2D eigenvalue weighted by atomic mass is 10.3. The maximum Gasteiger partial charge on any atom is 0.285 e. The number of hydrogen-bond acceptors (Lipinski definition) is 2. The van der Waals surface area contributed by atoms with E-state index in [-0.39, 0.29) is 5.56 Å². The van der Waals surface area contributed by atoms with Gasteiger partial charge in [-0.2, -0.15) is 0 Å². The quantitative estimate of drug-likeness (QED) is 0.914. The van der Waals surface area contributed by atoms with E-state index in [1.807, 2.05) is 6.07 Å². The van der Waals surface area contributed by atoms with E-state index in [1.165, 1.54) is 4.68 Å². The summed E-state index contributed by atoms with van der Waals surface area (Å²) >= 11 is 6.66. The van der Waals surface area contributed by atoms with Crippen molar-refractivity contribution in [1.82, 2.24) is 14.8 Å². The number of aryl methyl sites for hydroxylation is 1. The van der Waals surface area contributed by atoms with E-state index in [0.29, 0.717) is 10.2 Å². The second-order valence-corrected chi connectivity index (χ2v) is 5.36. The minimum absolute atomic E-state index is 0.0895. The Morgan fingerprint density at radius 2 is 2.18 bits per heavy atom. The number of rotatable bonds is 3. The van der Waals surface area contributed by atoms with Crippen LogP contribution in [0.2, 0.25) is 0 Å². The molecule has 0 atom stereocenters. The molecule has 4 nitrogen and oxygen atoms in total. The van der Waals surface area contributed by atoms with Gasteiger partial charge < -0.3 is 0 Å². The minimum atomic E-state index is -0.0895. The summed E-state index contributed by atoms with van der Waals surface area (Å²) in [6.45, 7) is 2.07. The van der Waals surface area contributed by atoms with Crippen molar-refractivity contribution in [2.24, 2.45) is 0 Å². The average molecular weight is 361 g/mol. The van der Waals surface area contributed by atoms with Crippen molar-refractivity contribution in [3.05, 3.63) is 43.5 Å². The zero-order chi connectivity index (χ0) is 12.4. The fraction of sp³-hybridized carbons (Fsp3) is 0.273. The number of pyridine rings is 1. The monoisotopic (exact) mass is 359 g/mol. The smallest absolute Gasteiger partial charge is 0.285 e. The third-order valence-corrected chi connectivity index (χ3v) is 3.60. The molecule has 0 spiro atoms. The highest BCUT2D eigenvalue weighted by atomic mass is 79.9. The first-order valence-corrected chi connectivity index (χ1v) is 6.82. The summed E-state index contributed by atoms with van der Waals surface area (Å²) in [4.78, 5) is 16.1. The molecule has 0 saturated carbocycles. The molecule has 1 N–H and O–H groups in total. The third kappa shape index (κ3) is 2.52. The first-order chi connectivity index (χ1) is 8.13. The molecular formula is C11H11Br2N3O. The minimum Gasteiger partial charge on any atom is -0.294 e. The number of nitrogens with zero attached hydrogens (tertiary/aromatic N) is 2. The number of H-pyrrole nitrogens is 1. The molecule has 0 aromatic carbocycles. The zero-order valence-corrected chi connectivity index (χ0v) is 12.4. The fourth-order valence-corrected chi connectivity index (χ4v) is 2.40. The Balaban J connectivity index is 2.53. The lowest BCUT2D eigenvalue weighted by Gasteiger charge is -2.01. The summed E-state index contributed by atoms with van der Waals surface area (Å²) < 4.78 is 2.93. The van der Waals surface area contributed by atoms with Crippen LogP contribution in [0.3, 0.4) is 0 Å². The van der Waals surface area contributed by atoms with Gasteiger partial charge in [0.25, 0.3) is 5.56 Å². The summed E-state index contributed by atoms with van der Waals surface area (Å²) in [6, 6.07) is 1.84. The fourth-order valence-electron chi connectivity index (χ4n) is 1.58. The molecule has 0 unspecified atom stereocenters. The van der Waals surface area contributed by atoms with Gasteiger partial charge in [-0.1, -0.05) is 13.3 Å². The Bertz CT molecular complexity index is 589. The molecule has 0 bridgehead atoms. The lowest BCUT2D eigenvalue weighted by Crippen LogP contribution is -2.14. The van der Waals surface area contributed by atoms with E-state index in [0.717, 1.165) is 23.0 Å². The van der Waals surface area contributed by atoms with Crippen LogP contribution in [0.15, 0.2) is 32.2 Å². The highest BCUT2D eigenvalue weighted by Gasteiger charge is 2.12. The van der Waals surface area contributed by atoms with Gasteiger partial charge in [0.1, 0.15) is 4.47 Å². The maximum absolute atomic E-state index is 12.0. The summed E-state index contributed by atoms with van der Waals surface area (Å²) in [5, 5.41) is 3.09. The van der Waals surface area contributed by atoms with Crippen LogP contribution in [0.25, 0.3) is 5.69 Å². The van der Waals surface area contributed by atoms with Gasteiger partial charge >= 0.3 is 0 Å². The van der Waals surface area contributed by atoms with Gasteiger partial charge in [0, 0.05) is 10.7 Å². The molecule has 0 aliphatic heterocycles. The van der Waals surface area contributed by atoms with Crippen LogP contribution in [0.5, 0.6) is 0 Å². The molecule has 2 aromatic rings. The molecule has 0 fully saturated rings. The van der Waals surface area contributed by atoms with Crippen molar-refractivity contribution in [3.8, 4) is 5.69 Å². The van der Waals surface area contributed by atoms with Crippen LogP contribution in [-0.4, -0.2) is 14.8 Å². The predicted octanol–water partition coefficient (Wildman–Crippen LogP) is 3.04. The van der Waals surface area contributed by atoms with Crippen LogP contribution in [0.1, 0.15) is 19.0 Å². The average Bonchev–Trinajstić information content (AvgIpc) is 2.58. The molecule has 2 heterocycles. The maximum atomic E-state index is 12.0. The van der Waals surface area contributed by atoms with E-state index in [2.05, 4.69) is 48.9 Å². The van der Waals surface area contributed by atoms with Crippen molar-refractivity contribution in [2.45, 2.75) is 19.8 Å². The second-order valence-electron chi connectivity index (χ2n) is 3.66. The van der Waals surface area contributed by atoms with Crippen LogP contribution in [-0.2, 0) is 6.42 Å². The molecule has 2 rings (SSSR count). The highest BCUT2D eigenvalue weighted by molar-refractivity contribution is 9.10. The van der Waals surface area contributed by atoms with Crippen molar-refractivity contribution in [2.75, 3.05) is 0 Å². The van der Waals surface area contributed by atoms with E-state index in [4.69, 9.17) is 0 Å². The van der Waals surface area contributed by atoms with Crippen LogP contribution >= 0.6 is 31.9 Å². The Labute approximate surface area is 115 Å². The van der Waals surface area contributed by atoms with Gasteiger partial charge in [0.05, 0.1) is 17.6 Å². The van der Waals surface area contributed by atoms with Gasteiger partial charge in [-0.3, -0.25) is 14.9 Å². The molecule has 0 aliphatic rings. The SMILES string of the molecule is CCCc1[nH]n(-c2cncc(Br)c2)c(=O)c1Br. The van der Waals surface area contributed by atoms with E-state index >= 15 is 0 Å². The summed E-state index contributed by atoms with van der Waals surface area (Å²) in [5.41, 5.74) is 1.54. The molecule has 17 heavy (non-hydrogen) atoms. The standard InChI is InChI=1S/C11H11Br2N3O/c1-2-3-9-10(13)11(17)16(15-9)8-4-7(12)5-14-6-8/h4-6,15H,2-3H2,1H3. The van der Waals surface area contributed by atoms with E-state index < -0.39 is 0 Å². The number of nitrogens with one attached hydrogen (secondary N) is 1. The first-order valence-electron chi connectivity index (χ1n) is 5.23. The zero-order valence-electron chi connectivity index (χ0n) is 9.20. The van der Waals surface area contributed by atoms with Crippen LogP contribution in [0.4, 0.5) is 0 Å². The molecular weight excluding hydrogens is 350 g/mol. The van der Waals surface area contributed by atoms with E-state index in [9.17, 15) is 4.79 Å². The largest absolute Gasteiger partial charge is 0.294 e. The van der Waals surface area contributed by atoms with Gasteiger partial charge in [0.15, 0.2) is 0 Å². The van der Waals surface area contributed by atoms with E-state index in [1.54, 1.807) is 12.4 Å². The first kappa shape index (κ1) is 12.6. The Morgan fingerprint density at radius 1 is 1.41 bits per heavy atom. The summed E-state index contributed by atoms with van der Waals surface area (Å²) in [6.07, 6.45) is 5.14. The molecule has 90 valence electrons. The van der Waals surface area contributed by atoms with Crippen LogP contribution in [0, 0.1) is 0 Å². The third-order valence-electron chi connectivity index (χ3n) is 2.35. The van der Waals surface area contributed by atoms with Gasteiger partial charge in [-0.15, -0.1) is 0 Å². The highest BCUT2D eigenvalue weighted by Crippen LogP contribution is 2.16. The number of aromatic nitrogens is 3. The van der Waals surface area contributed by atoms with Crippen LogP contribution < -0.4 is 5.56 Å². The molecule has 6 heteroatoms.